The monoisotopic (exact) mass is 389 g/mol. The van der Waals surface area contributed by atoms with E-state index < -0.39 is 10.0 Å². The van der Waals surface area contributed by atoms with Gasteiger partial charge in [0.1, 0.15) is 0 Å². The first-order chi connectivity index (χ1) is 13.0. The van der Waals surface area contributed by atoms with Gasteiger partial charge in [0.2, 0.25) is 15.9 Å². The van der Waals surface area contributed by atoms with Gasteiger partial charge in [0, 0.05) is 49.8 Å². The van der Waals surface area contributed by atoms with Gasteiger partial charge < -0.3 is 9.47 Å². The Labute approximate surface area is 160 Å². The van der Waals surface area contributed by atoms with Crippen LogP contribution in [-0.2, 0) is 21.4 Å². The van der Waals surface area contributed by atoms with E-state index in [1.165, 1.54) is 4.31 Å². The van der Waals surface area contributed by atoms with Gasteiger partial charge in [-0.3, -0.25) is 4.79 Å². The number of rotatable bonds is 4. The highest BCUT2D eigenvalue weighted by Gasteiger charge is 2.35. The van der Waals surface area contributed by atoms with Crippen molar-refractivity contribution in [3.05, 3.63) is 30.5 Å². The fourth-order valence-electron chi connectivity index (χ4n) is 4.32. The van der Waals surface area contributed by atoms with E-state index in [0.717, 1.165) is 56.2 Å². The van der Waals surface area contributed by atoms with Crippen LogP contribution in [0.3, 0.4) is 0 Å². The molecule has 0 aliphatic carbocycles. The number of amides is 1. The quantitative estimate of drug-likeness (QED) is 0.808. The molecule has 1 aromatic carbocycles. The lowest BCUT2D eigenvalue weighted by molar-refractivity contribution is -0.135. The number of sulfonamides is 1. The van der Waals surface area contributed by atoms with Crippen LogP contribution in [-0.4, -0.2) is 54.3 Å². The average Bonchev–Trinajstić information content (AvgIpc) is 3.36. The predicted octanol–water partition coefficient (Wildman–Crippen LogP) is 2.68. The van der Waals surface area contributed by atoms with Gasteiger partial charge in [-0.25, -0.2) is 8.42 Å². The summed E-state index contributed by atoms with van der Waals surface area (Å²) in [6.45, 7) is 5.32. The molecule has 2 aliphatic rings. The van der Waals surface area contributed by atoms with Gasteiger partial charge in [-0.05, 0) is 56.9 Å². The van der Waals surface area contributed by atoms with Crippen molar-refractivity contribution >= 4 is 26.8 Å². The number of hydrogen-bond donors (Lipinski definition) is 0. The molecule has 1 aromatic heterocycles. The molecule has 0 radical (unpaired) electrons. The lowest BCUT2D eigenvalue weighted by Crippen LogP contribution is -2.46. The Bertz CT molecular complexity index is 945. The highest BCUT2D eigenvalue weighted by Crippen LogP contribution is 2.28. The fourth-order valence-corrected chi connectivity index (χ4v) is 5.88. The van der Waals surface area contributed by atoms with Gasteiger partial charge in [0.15, 0.2) is 0 Å². The van der Waals surface area contributed by atoms with Crippen molar-refractivity contribution in [2.24, 2.45) is 5.92 Å². The third-order valence-corrected chi connectivity index (χ3v) is 7.73. The summed E-state index contributed by atoms with van der Waals surface area (Å²) in [5.74, 6) is -0.0839. The van der Waals surface area contributed by atoms with Crippen LogP contribution in [0.1, 0.15) is 32.6 Å². The summed E-state index contributed by atoms with van der Waals surface area (Å²) in [6.07, 6.45) is 5.60. The average molecular weight is 390 g/mol. The Morgan fingerprint density at radius 2 is 1.89 bits per heavy atom. The molecular formula is C20H27N3O3S. The first kappa shape index (κ1) is 18.5. The molecule has 0 unspecified atom stereocenters. The molecule has 2 aliphatic heterocycles. The van der Waals surface area contributed by atoms with Crippen molar-refractivity contribution in [3.8, 4) is 0 Å². The first-order valence-electron chi connectivity index (χ1n) is 9.88. The fraction of sp³-hybridized carbons (Fsp3) is 0.550. The van der Waals surface area contributed by atoms with Crippen molar-refractivity contribution in [1.29, 1.82) is 0 Å². The highest BCUT2D eigenvalue weighted by molar-refractivity contribution is 7.89. The molecule has 6 nitrogen and oxygen atoms in total. The number of fused-ring (bicyclic) bond motifs is 1. The molecule has 146 valence electrons. The zero-order valence-electron chi connectivity index (χ0n) is 15.8. The van der Waals surface area contributed by atoms with Crippen LogP contribution in [0.25, 0.3) is 10.9 Å². The minimum atomic E-state index is -3.59. The van der Waals surface area contributed by atoms with Crippen LogP contribution in [0.15, 0.2) is 35.4 Å². The highest BCUT2D eigenvalue weighted by atomic mass is 32.2. The molecule has 0 saturated carbocycles. The van der Waals surface area contributed by atoms with Crippen LogP contribution in [0.4, 0.5) is 0 Å². The number of nitrogens with zero attached hydrogens (tertiary/aromatic N) is 3. The van der Waals surface area contributed by atoms with Gasteiger partial charge in [-0.1, -0.05) is 0 Å². The Balaban J connectivity index is 1.56. The molecule has 0 bridgehead atoms. The third-order valence-electron chi connectivity index (χ3n) is 5.87. The number of hydrogen-bond acceptors (Lipinski definition) is 3. The Hall–Kier alpha value is -1.86. The summed E-state index contributed by atoms with van der Waals surface area (Å²) < 4.78 is 30.0. The normalized spacial score (nSPS) is 21.8. The number of benzene rings is 1. The molecule has 1 atom stereocenters. The van der Waals surface area contributed by atoms with Gasteiger partial charge in [-0.2, -0.15) is 4.31 Å². The van der Waals surface area contributed by atoms with Gasteiger partial charge in [-0.15, -0.1) is 0 Å². The van der Waals surface area contributed by atoms with Crippen LogP contribution in [0.2, 0.25) is 0 Å². The first-order valence-corrected chi connectivity index (χ1v) is 11.3. The Morgan fingerprint density at radius 3 is 2.63 bits per heavy atom. The van der Waals surface area contributed by atoms with Crippen LogP contribution in [0, 0.1) is 5.92 Å². The molecule has 27 heavy (non-hydrogen) atoms. The van der Waals surface area contributed by atoms with E-state index in [1.807, 2.05) is 23.2 Å². The summed E-state index contributed by atoms with van der Waals surface area (Å²) in [7, 11) is -3.59. The SMILES string of the molecule is CCn1ccc2cc(S(=O)(=O)N3CCC[C@@H](C(=O)N4CCCC4)C3)ccc21. The zero-order chi connectivity index (χ0) is 19.0. The molecule has 0 spiro atoms. The number of carbonyl (C=O) groups excluding carboxylic acids is 1. The number of likely N-dealkylation sites (tertiary alicyclic amines) is 1. The van der Waals surface area contributed by atoms with Crippen molar-refractivity contribution in [3.63, 3.8) is 0 Å². The molecular weight excluding hydrogens is 362 g/mol. The van der Waals surface area contributed by atoms with Crippen molar-refractivity contribution in [2.45, 2.75) is 44.0 Å². The Kier molecular flexibility index (Phi) is 4.99. The Morgan fingerprint density at radius 1 is 1.11 bits per heavy atom. The van der Waals surface area contributed by atoms with E-state index in [0.29, 0.717) is 18.0 Å². The number of piperidine rings is 1. The van der Waals surface area contributed by atoms with Gasteiger partial charge in [0.05, 0.1) is 10.8 Å². The zero-order valence-corrected chi connectivity index (χ0v) is 16.6. The van der Waals surface area contributed by atoms with E-state index >= 15 is 0 Å². The van der Waals surface area contributed by atoms with E-state index in [1.54, 1.807) is 12.1 Å². The van der Waals surface area contributed by atoms with Crippen LogP contribution in [0.5, 0.6) is 0 Å². The summed E-state index contributed by atoms with van der Waals surface area (Å²) in [4.78, 5) is 14.9. The molecule has 2 fully saturated rings. The molecule has 2 aromatic rings. The maximum Gasteiger partial charge on any atom is 0.243 e. The van der Waals surface area contributed by atoms with E-state index in [-0.39, 0.29) is 11.8 Å². The van der Waals surface area contributed by atoms with Gasteiger partial charge in [0.25, 0.3) is 0 Å². The van der Waals surface area contributed by atoms with Crippen molar-refractivity contribution in [1.82, 2.24) is 13.8 Å². The predicted molar refractivity (Wildman–Crippen MR) is 105 cm³/mol. The molecule has 7 heteroatoms. The lowest BCUT2D eigenvalue weighted by atomic mass is 9.98. The van der Waals surface area contributed by atoms with E-state index in [4.69, 9.17) is 0 Å². The largest absolute Gasteiger partial charge is 0.348 e. The smallest absolute Gasteiger partial charge is 0.243 e. The van der Waals surface area contributed by atoms with E-state index in [9.17, 15) is 13.2 Å². The van der Waals surface area contributed by atoms with Crippen molar-refractivity contribution < 1.29 is 13.2 Å². The molecule has 0 N–H and O–H groups in total. The molecule has 1 amide bonds. The maximum absolute atomic E-state index is 13.2. The number of aryl methyl sites for hydroxylation is 1. The minimum Gasteiger partial charge on any atom is -0.348 e. The summed E-state index contributed by atoms with van der Waals surface area (Å²) in [5.41, 5.74) is 1.04. The topological polar surface area (TPSA) is 62.6 Å². The second kappa shape index (κ2) is 7.28. The molecule has 3 heterocycles. The third kappa shape index (κ3) is 3.38. The van der Waals surface area contributed by atoms with Gasteiger partial charge >= 0.3 is 0 Å². The molecule has 2 saturated heterocycles. The second-order valence-electron chi connectivity index (χ2n) is 7.56. The van der Waals surface area contributed by atoms with Crippen LogP contribution >= 0.6 is 0 Å². The van der Waals surface area contributed by atoms with Crippen LogP contribution < -0.4 is 0 Å². The number of carbonyl (C=O) groups is 1. The maximum atomic E-state index is 13.2. The van der Waals surface area contributed by atoms with Crippen molar-refractivity contribution in [2.75, 3.05) is 26.2 Å². The molecule has 4 rings (SSSR count). The van der Waals surface area contributed by atoms with E-state index in [2.05, 4.69) is 11.5 Å². The summed E-state index contributed by atoms with van der Waals surface area (Å²) >= 11 is 0. The number of aromatic nitrogens is 1. The summed E-state index contributed by atoms with van der Waals surface area (Å²) in [6, 6.07) is 7.27. The lowest BCUT2D eigenvalue weighted by Gasteiger charge is -2.33. The summed E-state index contributed by atoms with van der Waals surface area (Å²) in [5, 5.41) is 0.930. The second-order valence-corrected chi connectivity index (χ2v) is 9.49. The minimum absolute atomic E-state index is 0.128. The standard InChI is InChI=1S/C20H27N3O3S/c1-2-21-13-9-16-14-18(7-8-19(16)21)27(25,26)23-12-5-6-17(15-23)20(24)22-10-3-4-11-22/h7-9,13-14,17H,2-6,10-12,15H2,1H3/t17-/m1/s1.